The smallest absolute Gasteiger partial charge is 0.197 e. The van der Waals surface area contributed by atoms with Gasteiger partial charge in [0, 0.05) is 21.3 Å². The summed E-state index contributed by atoms with van der Waals surface area (Å²) in [7, 11) is 0. The molecular formula is C13H7Cl2NO. The van der Waals surface area contributed by atoms with Gasteiger partial charge in [-0.1, -0.05) is 29.3 Å². The Bertz CT molecular complexity index is 786. The highest BCUT2D eigenvalue weighted by Gasteiger charge is 2.07. The topological polar surface area (TPSA) is 32.9 Å². The molecule has 0 bridgehead atoms. The molecule has 17 heavy (non-hydrogen) atoms. The zero-order chi connectivity index (χ0) is 12.0. The second-order valence-corrected chi connectivity index (χ2v) is 4.65. The molecule has 3 aromatic rings. The van der Waals surface area contributed by atoms with E-state index in [0.29, 0.717) is 26.3 Å². The predicted molar refractivity (Wildman–Crippen MR) is 72.1 cm³/mol. The van der Waals surface area contributed by atoms with Crippen LogP contribution < -0.4 is 5.43 Å². The molecule has 3 rings (SSSR count). The van der Waals surface area contributed by atoms with Gasteiger partial charge in [-0.05, 0) is 30.3 Å². The van der Waals surface area contributed by atoms with Crippen LogP contribution in [0.4, 0.5) is 0 Å². The summed E-state index contributed by atoms with van der Waals surface area (Å²) in [6.07, 6.45) is 0. The van der Waals surface area contributed by atoms with Crippen LogP contribution >= 0.6 is 23.2 Å². The van der Waals surface area contributed by atoms with E-state index in [4.69, 9.17) is 23.2 Å². The summed E-state index contributed by atoms with van der Waals surface area (Å²) in [6.45, 7) is 0. The summed E-state index contributed by atoms with van der Waals surface area (Å²) in [4.78, 5) is 15.4. The van der Waals surface area contributed by atoms with Crippen molar-refractivity contribution in [2.45, 2.75) is 0 Å². The summed E-state index contributed by atoms with van der Waals surface area (Å²) in [5.74, 6) is 0. The first-order chi connectivity index (χ1) is 8.16. The Hall–Kier alpha value is -1.51. The molecule has 0 amide bonds. The average molecular weight is 264 g/mol. The minimum Gasteiger partial charge on any atom is -0.353 e. The largest absolute Gasteiger partial charge is 0.353 e. The molecule has 2 aromatic carbocycles. The van der Waals surface area contributed by atoms with Crippen molar-refractivity contribution in [1.82, 2.24) is 4.98 Å². The normalized spacial score (nSPS) is 11.2. The van der Waals surface area contributed by atoms with E-state index in [1.807, 2.05) is 0 Å². The van der Waals surface area contributed by atoms with Crippen LogP contribution in [0, 0.1) is 0 Å². The third-order valence-corrected chi connectivity index (χ3v) is 3.29. The van der Waals surface area contributed by atoms with Gasteiger partial charge in [-0.3, -0.25) is 4.79 Å². The Balaban J connectivity index is 2.62. The number of hydrogen-bond donors (Lipinski definition) is 1. The van der Waals surface area contributed by atoms with Crippen molar-refractivity contribution in [2.24, 2.45) is 0 Å². The Morgan fingerprint density at radius 2 is 1.82 bits per heavy atom. The summed E-state index contributed by atoms with van der Waals surface area (Å²) in [6, 6.07) is 10.4. The Labute approximate surface area is 107 Å². The van der Waals surface area contributed by atoms with Crippen LogP contribution in [0.5, 0.6) is 0 Å². The second-order valence-electron chi connectivity index (χ2n) is 3.81. The molecule has 4 heteroatoms. The highest BCUT2D eigenvalue weighted by Crippen LogP contribution is 2.23. The fourth-order valence-corrected chi connectivity index (χ4v) is 2.33. The molecule has 1 N–H and O–H groups in total. The Morgan fingerprint density at radius 3 is 2.65 bits per heavy atom. The van der Waals surface area contributed by atoms with Crippen LogP contribution in [-0.4, -0.2) is 4.98 Å². The van der Waals surface area contributed by atoms with Crippen molar-refractivity contribution in [3.05, 3.63) is 56.7 Å². The van der Waals surface area contributed by atoms with Crippen molar-refractivity contribution in [2.75, 3.05) is 0 Å². The lowest BCUT2D eigenvalue weighted by molar-refractivity contribution is 1.48. The number of pyridine rings is 1. The highest BCUT2D eigenvalue weighted by atomic mass is 35.5. The van der Waals surface area contributed by atoms with Gasteiger partial charge in [0.25, 0.3) is 0 Å². The number of fused-ring (bicyclic) bond motifs is 2. The van der Waals surface area contributed by atoms with Crippen LogP contribution in [-0.2, 0) is 0 Å². The van der Waals surface area contributed by atoms with E-state index in [1.165, 1.54) is 0 Å². The molecule has 2 nitrogen and oxygen atoms in total. The Morgan fingerprint density at radius 1 is 1.00 bits per heavy atom. The van der Waals surface area contributed by atoms with E-state index in [2.05, 4.69) is 4.98 Å². The summed E-state index contributed by atoms with van der Waals surface area (Å²) in [5.41, 5.74) is 1.34. The van der Waals surface area contributed by atoms with Crippen molar-refractivity contribution in [3.63, 3.8) is 0 Å². The van der Waals surface area contributed by atoms with Crippen LogP contribution in [0.1, 0.15) is 0 Å². The predicted octanol–water partition coefficient (Wildman–Crippen LogP) is 3.99. The number of rotatable bonds is 0. The van der Waals surface area contributed by atoms with Gasteiger partial charge < -0.3 is 4.98 Å². The first kappa shape index (κ1) is 10.6. The molecule has 0 atom stereocenters. The van der Waals surface area contributed by atoms with Crippen molar-refractivity contribution >= 4 is 45.0 Å². The van der Waals surface area contributed by atoms with Crippen LogP contribution in [0.15, 0.2) is 41.2 Å². The molecule has 1 aromatic heterocycles. The quantitative estimate of drug-likeness (QED) is 0.612. The molecule has 1 heterocycles. The third kappa shape index (κ3) is 1.61. The van der Waals surface area contributed by atoms with E-state index in [1.54, 1.807) is 36.4 Å². The standard InChI is InChI=1S/C13H7Cl2NO/c14-7-4-5-11-9(6-7)13(17)8-2-1-3-10(15)12(8)16-11/h1-6H,(H,16,17). The molecular weight excluding hydrogens is 257 g/mol. The molecule has 0 saturated carbocycles. The summed E-state index contributed by atoms with van der Waals surface area (Å²) < 4.78 is 0. The third-order valence-electron chi connectivity index (χ3n) is 2.74. The van der Waals surface area contributed by atoms with Gasteiger partial charge in [-0.2, -0.15) is 0 Å². The molecule has 0 aliphatic carbocycles. The Kier molecular flexibility index (Phi) is 2.35. The number of aromatic amines is 1. The van der Waals surface area contributed by atoms with Gasteiger partial charge in [0.1, 0.15) is 0 Å². The number of halogens is 2. The highest BCUT2D eigenvalue weighted by molar-refractivity contribution is 6.35. The minimum atomic E-state index is -0.0567. The molecule has 84 valence electrons. The zero-order valence-corrected chi connectivity index (χ0v) is 10.1. The van der Waals surface area contributed by atoms with Gasteiger partial charge in [0.15, 0.2) is 5.43 Å². The number of nitrogens with one attached hydrogen (secondary N) is 1. The number of aromatic nitrogens is 1. The second kappa shape index (κ2) is 3.76. The van der Waals surface area contributed by atoms with E-state index >= 15 is 0 Å². The fourth-order valence-electron chi connectivity index (χ4n) is 1.93. The maximum atomic E-state index is 12.3. The number of para-hydroxylation sites is 1. The van der Waals surface area contributed by atoms with Crippen molar-refractivity contribution < 1.29 is 0 Å². The number of benzene rings is 2. The average Bonchev–Trinajstić information content (AvgIpc) is 2.32. The molecule has 0 fully saturated rings. The maximum Gasteiger partial charge on any atom is 0.197 e. The van der Waals surface area contributed by atoms with Crippen LogP contribution in [0.3, 0.4) is 0 Å². The fraction of sp³-hybridized carbons (Fsp3) is 0. The SMILES string of the molecule is O=c1c2cc(Cl)ccc2[nH]c2c(Cl)cccc12. The van der Waals surface area contributed by atoms with Crippen LogP contribution in [0.2, 0.25) is 10.0 Å². The molecule has 0 spiro atoms. The first-order valence-electron chi connectivity index (χ1n) is 5.06. The first-order valence-corrected chi connectivity index (χ1v) is 5.82. The summed E-state index contributed by atoms with van der Waals surface area (Å²) in [5, 5.41) is 2.24. The number of hydrogen-bond acceptors (Lipinski definition) is 1. The van der Waals surface area contributed by atoms with E-state index in [0.717, 1.165) is 5.52 Å². The molecule has 0 aliphatic heterocycles. The van der Waals surface area contributed by atoms with Gasteiger partial charge in [-0.15, -0.1) is 0 Å². The van der Waals surface area contributed by atoms with Crippen molar-refractivity contribution in [1.29, 1.82) is 0 Å². The van der Waals surface area contributed by atoms with E-state index in [-0.39, 0.29) is 5.43 Å². The summed E-state index contributed by atoms with van der Waals surface area (Å²) >= 11 is 12.0. The van der Waals surface area contributed by atoms with E-state index < -0.39 is 0 Å². The minimum absolute atomic E-state index is 0.0567. The lowest BCUT2D eigenvalue weighted by atomic mass is 10.1. The van der Waals surface area contributed by atoms with Crippen molar-refractivity contribution in [3.8, 4) is 0 Å². The van der Waals surface area contributed by atoms with E-state index in [9.17, 15) is 4.79 Å². The molecule has 0 aliphatic rings. The maximum absolute atomic E-state index is 12.3. The molecule has 0 unspecified atom stereocenters. The lowest BCUT2D eigenvalue weighted by Crippen LogP contribution is -2.04. The number of H-pyrrole nitrogens is 1. The van der Waals surface area contributed by atoms with Gasteiger partial charge in [0.05, 0.1) is 10.5 Å². The van der Waals surface area contributed by atoms with Gasteiger partial charge >= 0.3 is 0 Å². The van der Waals surface area contributed by atoms with Crippen LogP contribution in [0.25, 0.3) is 21.8 Å². The molecule has 0 radical (unpaired) electrons. The monoisotopic (exact) mass is 263 g/mol. The molecule has 0 saturated heterocycles. The van der Waals surface area contributed by atoms with Gasteiger partial charge in [0.2, 0.25) is 0 Å². The lowest BCUT2D eigenvalue weighted by Gasteiger charge is -2.04. The van der Waals surface area contributed by atoms with Gasteiger partial charge in [-0.25, -0.2) is 0 Å². The zero-order valence-electron chi connectivity index (χ0n) is 8.63.